The Bertz CT molecular complexity index is 1190. The summed E-state index contributed by atoms with van der Waals surface area (Å²) in [5, 5.41) is 4.96. The number of anilines is 1. The van der Waals surface area contributed by atoms with Gasteiger partial charge in [0.05, 0.1) is 18.8 Å². The number of likely N-dealkylation sites (tertiary alicyclic amines) is 2. The van der Waals surface area contributed by atoms with E-state index in [-0.39, 0.29) is 18.7 Å². The summed E-state index contributed by atoms with van der Waals surface area (Å²) < 4.78 is 33.7. The number of aromatic nitrogens is 1. The highest BCUT2D eigenvalue weighted by Crippen LogP contribution is 2.27. The molecular weight excluding hydrogens is 476 g/mol. The van der Waals surface area contributed by atoms with Crippen molar-refractivity contribution in [1.82, 2.24) is 19.7 Å². The van der Waals surface area contributed by atoms with E-state index in [1.807, 2.05) is 0 Å². The summed E-state index contributed by atoms with van der Waals surface area (Å²) in [5.41, 5.74) is 0.119. The van der Waals surface area contributed by atoms with Crippen LogP contribution in [0.1, 0.15) is 29.8 Å². The Balaban J connectivity index is 1.58. The summed E-state index contributed by atoms with van der Waals surface area (Å²) in [6.07, 6.45) is 2.97. The average Bonchev–Trinajstić information content (AvgIpc) is 3.59. The summed E-state index contributed by atoms with van der Waals surface area (Å²) >= 11 is 0. The number of aryl methyl sites for hydroxylation is 1. The maximum atomic E-state index is 14.0. The minimum atomic E-state index is -1.10. The minimum Gasteiger partial charge on any atom is -0.467 e. The van der Waals surface area contributed by atoms with Crippen LogP contribution in [0, 0.1) is 11.6 Å². The molecule has 2 aliphatic heterocycles. The molecule has 2 aliphatic rings. The Labute approximate surface area is 206 Å². The molecule has 0 spiro atoms. The minimum absolute atomic E-state index is 0.174. The van der Waals surface area contributed by atoms with Crippen molar-refractivity contribution in [2.24, 2.45) is 7.05 Å². The van der Waals surface area contributed by atoms with Crippen LogP contribution < -0.4 is 10.6 Å². The molecule has 2 fully saturated rings. The molecule has 10 nitrogen and oxygen atoms in total. The smallest absolute Gasteiger partial charge is 0.328 e. The predicted molar refractivity (Wildman–Crippen MR) is 124 cm³/mol. The van der Waals surface area contributed by atoms with Gasteiger partial charge in [0.15, 0.2) is 0 Å². The van der Waals surface area contributed by atoms with Crippen molar-refractivity contribution >= 4 is 29.5 Å². The molecule has 192 valence electrons. The van der Waals surface area contributed by atoms with E-state index in [9.17, 15) is 28.0 Å². The Morgan fingerprint density at radius 2 is 1.83 bits per heavy atom. The summed E-state index contributed by atoms with van der Waals surface area (Å²) in [4.78, 5) is 54.8. The van der Waals surface area contributed by atoms with Gasteiger partial charge in [0.1, 0.15) is 29.4 Å². The van der Waals surface area contributed by atoms with Crippen LogP contribution in [0.5, 0.6) is 0 Å². The number of nitrogens with one attached hydrogen (secondary N) is 2. The molecule has 0 unspecified atom stereocenters. The van der Waals surface area contributed by atoms with Gasteiger partial charge in [-0.05, 0) is 43.5 Å². The van der Waals surface area contributed by atoms with Gasteiger partial charge >= 0.3 is 12.0 Å². The lowest BCUT2D eigenvalue weighted by molar-refractivity contribution is -0.152. The van der Waals surface area contributed by atoms with Crippen LogP contribution in [0.4, 0.5) is 19.3 Å². The predicted octanol–water partition coefficient (Wildman–Crippen LogP) is 1.87. The monoisotopic (exact) mass is 503 g/mol. The molecule has 36 heavy (non-hydrogen) atoms. The Hall–Kier alpha value is -3.96. The molecule has 3 heterocycles. The van der Waals surface area contributed by atoms with Crippen LogP contribution in [0.15, 0.2) is 36.5 Å². The zero-order chi connectivity index (χ0) is 26.0. The number of urea groups is 1. The number of carbonyl (C=O) groups excluding carboxylic acids is 4. The van der Waals surface area contributed by atoms with Gasteiger partial charge in [0, 0.05) is 32.4 Å². The molecule has 2 saturated heterocycles. The van der Waals surface area contributed by atoms with Crippen LogP contribution in [0.2, 0.25) is 0 Å². The molecule has 0 radical (unpaired) electrons. The van der Waals surface area contributed by atoms with Gasteiger partial charge in [0.25, 0.3) is 5.91 Å². The third kappa shape index (κ3) is 4.88. The van der Waals surface area contributed by atoms with Crippen molar-refractivity contribution in [1.29, 1.82) is 0 Å². The van der Waals surface area contributed by atoms with E-state index in [2.05, 4.69) is 10.6 Å². The Kier molecular flexibility index (Phi) is 7.22. The van der Waals surface area contributed by atoms with Crippen molar-refractivity contribution in [3.05, 3.63) is 53.9 Å². The van der Waals surface area contributed by atoms with E-state index in [0.29, 0.717) is 31.1 Å². The lowest BCUT2D eigenvalue weighted by atomic mass is 10.1. The zero-order valence-corrected chi connectivity index (χ0v) is 19.9. The first-order valence-corrected chi connectivity index (χ1v) is 11.5. The number of rotatable bonds is 5. The first kappa shape index (κ1) is 25.1. The van der Waals surface area contributed by atoms with Crippen molar-refractivity contribution < 1.29 is 32.7 Å². The molecule has 4 amide bonds. The van der Waals surface area contributed by atoms with E-state index in [4.69, 9.17) is 4.74 Å². The average molecular weight is 504 g/mol. The molecule has 1 aromatic carbocycles. The number of hydrogen-bond acceptors (Lipinski definition) is 5. The zero-order valence-electron chi connectivity index (χ0n) is 19.9. The number of methoxy groups -OCH3 is 1. The molecule has 12 heteroatoms. The van der Waals surface area contributed by atoms with E-state index in [0.717, 1.165) is 12.1 Å². The van der Waals surface area contributed by atoms with Gasteiger partial charge in [-0.25, -0.2) is 18.4 Å². The summed E-state index contributed by atoms with van der Waals surface area (Å²) in [7, 11) is 2.95. The largest absolute Gasteiger partial charge is 0.467 e. The van der Waals surface area contributed by atoms with Crippen LogP contribution in [0.3, 0.4) is 0 Å². The number of halogens is 2. The highest BCUT2D eigenvalue weighted by atomic mass is 19.1. The quantitative estimate of drug-likeness (QED) is 0.605. The van der Waals surface area contributed by atoms with E-state index >= 15 is 0 Å². The van der Waals surface area contributed by atoms with E-state index in [1.165, 1.54) is 16.9 Å². The standard InChI is InChI=1S/C24H27F2N5O5/c1-29-10-3-5-18(29)21(32)31-12-9-17(28-24(35)27-16-8-7-14(25)13-15(16)26)20(31)22(33)30-11-4-6-19(30)23(34)36-2/h3,5,7-8,10,13,17,19-20H,4,6,9,11-12H2,1-2H3,(H2,27,28,35)/t17-,19+,20-/m0/s1. The van der Waals surface area contributed by atoms with Gasteiger partial charge in [0.2, 0.25) is 5.91 Å². The summed E-state index contributed by atoms with van der Waals surface area (Å²) in [6.45, 7) is 0.480. The first-order chi connectivity index (χ1) is 17.2. The fraction of sp³-hybridized carbons (Fsp3) is 0.417. The highest BCUT2D eigenvalue weighted by Gasteiger charge is 2.48. The second-order valence-electron chi connectivity index (χ2n) is 8.78. The van der Waals surface area contributed by atoms with Crippen LogP contribution in [0.25, 0.3) is 0 Å². The van der Waals surface area contributed by atoms with E-state index in [1.54, 1.807) is 29.9 Å². The Morgan fingerprint density at radius 3 is 2.50 bits per heavy atom. The van der Waals surface area contributed by atoms with Gasteiger partial charge < -0.3 is 29.7 Å². The summed E-state index contributed by atoms with van der Waals surface area (Å²) in [5.74, 6) is -3.18. The fourth-order valence-electron chi connectivity index (χ4n) is 4.81. The van der Waals surface area contributed by atoms with Gasteiger partial charge in [-0.3, -0.25) is 9.59 Å². The number of amides is 4. The third-order valence-corrected chi connectivity index (χ3v) is 6.58. The fourth-order valence-corrected chi connectivity index (χ4v) is 4.81. The normalized spacial score (nSPS) is 21.4. The Morgan fingerprint density at radius 1 is 1.06 bits per heavy atom. The highest BCUT2D eigenvalue weighted by molar-refractivity contribution is 5.99. The van der Waals surface area contributed by atoms with Crippen LogP contribution >= 0.6 is 0 Å². The second-order valence-corrected chi connectivity index (χ2v) is 8.78. The molecule has 1 aromatic heterocycles. The summed E-state index contributed by atoms with van der Waals surface area (Å²) in [6, 6.07) is 2.54. The number of benzene rings is 1. The molecular formula is C24H27F2N5O5. The van der Waals surface area contributed by atoms with Gasteiger partial charge in [-0.2, -0.15) is 0 Å². The van der Waals surface area contributed by atoms with E-state index < -0.39 is 53.6 Å². The van der Waals surface area contributed by atoms with Gasteiger partial charge in [-0.15, -0.1) is 0 Å². The maximum absolute atomic E-state index is 14.0. The molecule has 4 rings (SSSR count). The van der Waals surface area contributed by atoms with Crippen LogP contribution in [-0.4, -0.2) is 76.5 Å². The van der Waals surface area contributed by atoms with Crippen molar-refractivity contribution in [3.63, 3.8) is 0 Å². The number of esters is 1. The van der Waals surface area contributed by atoms with Crippen molar-refractivity contribution in [3.8, 4) is 0 Å². The molecule has 2 N–H and O–H groups in total. The SMILES string of the molecule is COC(=O)[C@H]1CCCN1C(=O)[C@@H]1[C@@H](NC(=O)Nc2ccc(F)cc2F)CCN1C(=O)c1cccn1C. The molecule has 3 atom stereocenters. The molecule has 0 bridgehead atoms. The van der Waals surface area contributed by atoms with Crippen molar-refractivity contribution in [2.45, 2.75) is 37.4 Å². The third-order valence-electron chi connectivity index (χ3n) is 6.58. The number of hydrogen-bond donors (Lipinski definition) is 2. The number of nitrogens with zero attached hydrogens (tertiary/aromatic N) is 3. The number of carbonyl (C=O) groups is 4. The topological polar surface area (TPSA) is 113 Å². The lowest BCUT2D eigenvalue weighted by Crippen LogP contribution is -2.58. The van der Waals surface area contributed by atoms with Crippen LogP contribution in [-0.2, 0) is 21.4 Å². The molecule has 0 aliphatic carbocycles. The number of ether oxygens (including phenoxy) is 1. The second kappa shape index (κ2) is 10.3. The molecule has 0 saturated carbocycles. The molecule has 2 aromatic rings. The van der Waals surface area contributed by atoms with Crippen molar-refractivity contribution in [2.75, 3.05) is 25.5 Å². The lowest BCUT2D eigenvalue weighted by Gasteiger charge is -2.33. The van der Waals surface area contributed by atoms with Gasteiger partial charge in [-0.1, -0.05) is 0 Å². The first-order valence-electron chi connectivity index (χ1n) is 11.5. The maximum Gasteiger partial charge on any atom is 0.328 e.